The third kappa shape index (κ3) is 6.70. The van der Waals surface area contributed by atoms with Crippen LogP contribution in [0.5, 0.6) is 0 Å². The monoisotopic (exact) mass is 493 g/mol. The Bertz CT molecular complexity index is 1180. The number of benzene rings is 1. The van der Waals surface area contributed by atoms with E-state index in [0.717, 1.165) is 16.1 Å². The molecule has 3 amide bonds. The summed E-state index contributed by atoms with van der Waals surface area (Å²) in [5.74, 6) is -0.531. The Balaban J connectivity index is 0.000000795. The number of nitriles is 1. The number of para-hydroxylation sites is 1. The van der Waals surface area contributed by atoms with Crippen LogP contribution >= 0.6 is 11.3 Å². The highest BCUT2D eigenvalue weighted by Crippen LogP contribution is 2.25. The quantitative estimate of drug-likeness (QED) is 0.551. The number of anilines is 1. The van der Waals surface area contributed by atoms with Crippen molar-refractivity contribution in [3.05, 3.63) is 53.5 Å². The SMILES string of the molecule is CC(C)C.CN(CC(=O)N1CC(C(=O)Nc2ccccc2)CC1C#N)C(=O)c1cc2sccc2[nH]1. The molecule has 2 N–H and O–H groups in total. The smallest absolute Gasteiger partial charge is 0.270 e. The van der Waals surface area contributed by atoms with Crippen LogP contribution < -0.4 is 5.32 Å². The van der Waals surface area contributed by atoms with Crippen LogP contribution in [0, 0.1) is 23.2 Å². The molecule has 1 saturated heterocycles. The van der Waals surface area contributed by atoms with E-state index in [9.17, 15) is 19.6 Å². The number of rotatable bonds is 5. The minimum atomic E-state index is -0.696. The Kier molecular flexibility index (Phi) is 8.66. The summed E-state index contributed by atoms with van der Waals surface area (Å²) in [6, 6.07) is 14.1. The molecule has 35 heavy (non-hydrogen) atoms. The van der Waals surface area contributed by atoms with Gasteiger partial charge >= 0.3 is 0 Å². The molecule has 8 nitrogen and oxygen atoms in total. The number of H-pyrrole nitrogens is 1. The fourth-order valence-electron chi connectivity index (χ4n) is 3.72. The largest absolute Gasteiger partial charge is 0.350 e. The number of amides is 3. The number of hydrogen-bond donors (Lipinski definition) is 2. The van der Waals surface area contributed by atoms with Crippen molar-refractivity contribution >= 4 is 45.0 Å². The fourth-order valence-corrected chi connectivity index (χ4v) is 4.51. The Hall–Kier alpha value is -3.64. The third-order valence-electron chi connectivity index (χ3n) is 5.37. The minimum Gasteiger partial charge on any atom is -0.350 e. The lowest BCUT2D eigenvalue weighted by Gasteiger charge is -2.23. The molecular formula is C26H31N5O3S. The van der Waals surface area contributed by atoms with Crippen molar-refractivity contribution in [2.45, 2.75) is 33.2 Å². The molecule has 2 unspecified atom stereocenters. The van der Waals surface area contributed by atoms with Gasteiger partial charge < -0.3 is 20.1 Å². The number of fused-ring (bicyclic) bond motifs is 1. The van der Waals surface area contributed by atoms with E-state index in [2.05, 4.69) is 37.1 Å². The van der Waals surface area contributed by atoms with E-state index in [-0.39, 0.29) is 37.2 Å². The molecule has 0 spiro atoms. The number of hydrogen-bond acceptors (Lipinski definition) is 5. The maximum atomic E-state index is 12.9. The van der Waals surface area contributed by atoms with Crippen LogP contribution in [0.4, 0.5) is 5.69 Å². The predicted molar refractivity (Wildman–Crippen MR) is 138 cm³/mol. The Labute approximate surface area is 209 Å². The van der Waals surface area contributed by atoms with Gasteiger partial charge in [-0.15, -0.1) is 11.3 Å². The molecule has 2 aromatic heterocycles. The van der Waals surface area contributed by atoms with Crippen LogP contribution in [0.25, 0.3) is 10.2 Å². The van der Waals surface area contributed by atoms with Crippen LogP contribution in [0.2, 0.25) is 0 Å². The number of likely N-dealkylation sites (N-methyl/N-ethyl adjacent to an activating group) is 1. The zero-order valence-electron chi connectivity index (χ0n) is 20.4. The number of thiophene rings is 1. The molecule has 0 radical (unpaired) electrons. The summed E-state index contributed by atoms with van der Waals surface area (Å²) in [4.78, 5) is 43.9. The van der Waals surface area contributed by atoms with Crippen LogP contribution in [-0.2, 0) is 9.59 Å². The molecule has 3 aromatic rings. The number of nitrogens with one attached hydrogen (secondary N) is 2. The molecule has 1 aliphatic rings. The predicted octanol–water partition coefficient (Wildman–Crippen LogP) is 4.34. The standard InChI is InChI=1S/C22H21N5O3S.C4H10/c1-26(22(30)18-10-19-17(25-18)7-8-31-19)13-20(28)27-12-14(9-16(27)11-23)21(29)24-15-5-3-2-4-6-15;1-4(2)3/h2-8,10,14,16,25H,9,12-13H2,1H3,(H,24,29);4H,1-3H3. The first-order chi connectivity index (χ1) is 16.7. The number of aromatic amines is 1. The second-order valence-electron chi connectivity index (χ2n) is 9.25. The van der Waals surface area contributed by atoms with E-state index in [0.29, 0.717) is 11.4 Å². The van der Waals surface area contributed by atoms with Gasteiger partial charge in [-0.2, -0.15) is 5.26 Å². The molecule has 9 heteroatoms. The summed E-state index contributed by atoms with van der Waals surface area (Å²) in [6.07, 6.45) is 0.269. The van der Waals surface area contributed by atoms with Gasteiger partial charge in [-0.25, -0.2) is 0 Å². The first-order valence-corrected chi connectivity index (χ1v) is 12.4. The summed E-state index contributed by atoms with van der Waals surface area (Å²) in [6.45, 7) is 6.48. The second kappa shape index (κ2) is 11.7. The fraction of sp³-hybridized carbons (Fsp3) is 0.385. The van der Waals surface area contributed by atoms with Gasteiger partial charge in [0.1, 0.15) is 11.7 Å². The van der Waals surface area contributed by atoms with Crippen LogP contribution in [0.3, 0.4) is 0 Å². The van der Waals surface area contributed by atoms with Gasteiger partial charge in [0.25, 0.3) is 5.91 Å². The lowest BCUT2D eigenvalue weighted by Crippen LogP contribution is -2.43. The van der Waals surface area contributed by atoms with E-state index in [1.807, 2.05) is 29.6 Å². The normalized spacial score (nSPS) is 17.0. The van der Waals surface area contributed by atoms with E-state index in [1.165, 1.54) is 21.1 Å². The summed E-state index contributed by atoms with van der Waals surface area (Å²) in [5, 5.41) is 14.3. The lowest BCUT2D eigenvalue weighted by atomic mass is 10.1. The molecule has 3 heterocycles. The van der Waals surface area contributed by atoms with Crippen molar-refractivity contribution in [2.24, 2.45) is 11.8 Å². The number of carbonyl (C=O) groups excluding carboxylic acids is 3. The molecular weight excluding hydrogens is 462 g/mol. The van der Waals surface area contributed by atoms with Gasteiger partial charge in [-0.1, -0.05) is 39.0 Å². The number of nitrogens with zero attached hydrogens (tertiary/aromatic N) is 3. The molecule has 1 fully saturated rings. The maximum Gasteiger partial charge on any atom is 0.270 e. The van der Waals surface area contributed by atoms with Crippen LogP contribution in [0.15, 0.2) is 47.8 Å². The Morgan fingerprint density at radius 2 is 1.91 bits per heavy atom. The first-order valence-electron chi connectivity index (χ1n) is 11.6. The molecule has 1 aromatic carbocycles. The molecule has 1 aliphatic heterocycles. The van der Waals surface area contributed by atoms with Crippen molar-refractivity contribution in [1.29, 1.82) is 5.26 Å². The van der Waals surface area contributed by atoms with E-state index < -0.39 is 12.0 Å². The number of likely N-dealkylation sites (tertiary alicyclic amines) is 1. The van der Waals surface area contributed by atoms with Crippen molar-refractivity contribution in [2.75, 3.05) is 25.5 Å². The first kappa shape index (κ1) is 26.0. The highest BCUT2D eigenvalue weighted by Gasteiger charge is 2.39. The maximum absolute atomic E-state index is 12.9. The average molecular weight is 494 g/mol. The average Bonchev–Trinajstić information content (AvgIpc) is 3.53. The summed E-state index contributed by atoms with van der Waals surface area (Å²) in [5.41, 5.74) is 1.96. The van der Waals surface area contributed by atoms with Gasteiger partial charge in [0, 0.05) is 19.3 Å². The zero-order chi connectivity index (χ0) is 25.5. The van der Waals surface area contributed by atoms with E-state index in [4.69, 9.17) is 0 Å². The molecule has 2 atom stereocenters. The third-order valence-corrected chi connectivity index (χ3v) is 6.24. The highest BCUT2D eigenvalue weighted by molar-refractivity contribution is 7.17. The van der Waals surface area contributed by atoms with Crippen molar-refractivity contribution in [3.63, 3.8) is 0 Å². The zero-order valence-corrected chi connectivity index (χ0v) is 21.3. The second-order valence-corrected chi connectivity index (χ2v) is 10.2. The summed E-state index contributed by atoms with van der Waals surface area (Å²) in [7, 11) is 1.55. The Morgan fingerprint density at radius 1 is 1.23 bits per heavy atom. The Morgan fingerprint density at radius 3 is 2.54 bits per heavy atom. The van der Waals surface area contributed by atoms with Crippen molar-refractivity contribution < 1.29 is 14.4 Å². The van der Waals surface area contributed by atoms with Gasteiger partial charge in [0.15, 0.2) is 0 Å². The lowest BCUT2D eigenvalue weighted by molar-refractivity contribution is -0.131. The minimum absolute atomic E-state index is 0.149. The summed E-state index contributed by atoms with van der Waals surface area (Å²) < 4.78 is 0.972. The topological polar surface area (TPSA) is 109 Å². The van der Waals surface area contributed by atoms with Gasteiger partial charge in [-0.3, -0.25) is 14.4 Å². The molecule has 0 saturated carbocycles. The van der Waals surface area contributed by atoms with Crippen LogP contribution in [-0.4, -0.2) is 58.7 Å². The van der Waals surface area contributed by atoms with Crippen LogP contribution in [0.1, 0.15) is 37.7 Å². The van der Waals surface area contributed by atoms with E-state index >= 15 is 0 Å². The molecule has 0 aliphatic carbocycles. The highest BCUT2D eigenvalue weighted by atomic mass is 32.1. The summed E-state index contributed by atoms with van der Waals surface area (Å²) >= 11 is 1.53. The van der Waals surface area contributed by atoms with E-state index in [1.54, 1.807) is 25.2 Å². The van der Waals surface area contributed by atoms with Crippen molar-refractivity contribution in [3.8, 4) is 6.07 Å². The van der Waals surface area contributed by atoms with Crippen molar-refractivity contribution in [1.82, 2.24) is 14.8 Å². The molecule has 0 bridgehead atoms. The van der Waals surface area contributed by atoms with Gasteiger partial charge in [-0.05, 0) is 42.0 Å². The van der Waals surface area contributed by atoms with Gasteiger partial charge in [0.2, 0.25) is 11.8 Å². The molecule has 184 valence electrons. The van der Waals surface area contributed by atoms with Gasteiger partial charge in [0.05, 0.1) is 28.7 Å². The number of carbonyl (C=O) groups is 3. The number of aromatic nitrogens is 1. The molecule has 4 rings (SSSR count).